The molecule has 8 unspecified atom stereocenters. The van der Waals surface area contributed by atoms with E-state index < -0.39 is 0 Å². The van der Waals surface area contributed by atoms with Gasteiger partial charge in [0.15, 0.2) is 0 Å². The predicted molar refractivity (Wildman–Crippen MR) is 108 cm³/mol. The van der Waals surface area contributed by atoms with E-state index in [2.05, 4.69) is 27.7 Å². The summed E-state index contributed by atoms with van der Waals surface area (Å²) in [6.45, 7) is 9.41. The van der Waals surface area contributed by atoms with Crippen LogP contribution in [0.25, 0.3) is 0 Å². The molecule has 28 heavy (non-hydrogen) atoms. The minimum absolute atomic E-state index is 0.350. The molecule has 5 fully saturated rings. The molecule has 8 bridgehead atoms. The molecule has 5 aliphatic rings. The van der Waals surface area contributed by atoms with Crippen LogP contribution in [0.3, 0.4) is 0 Å². The molecule has 5 rings (SSSR count). The second-order valence-corrected chi connectivity index (χ2v) is 10.6. The van der Waals surface area contributed by atoms with Crippen molar-refractivity contribution in [1.29, 1.82) is 0 Å². The second-order valence-electron chi connectivity index (χ2n) is 10.6. The smallest absolute Gasteiger partial charge is 0.0630 e. The summed E-state index contributed by atoms with van der Waals surface area (Å²) in [7, 11) is 0. The molecule has 0 amide bonds. The van der Waals surface area contributed by atoms with Crippen LogP contribution in [0.4, 0.5) is 0 Å². The highest BCUT2D eigenvalue weighted by Crippen LogP contribution is 2.43. The summed E-state index contributed by atoms with van der Waals surface area (Å²) in [5.41, 5.74) is 0. The summed E-state index contributed by atoms with van der Waals surface area (Å²) in [6.07, 6.45) is 12.2. The molecule has 0 saturated carbocycles. The maximum absolute atomic E-state index is 6.61. The molecule has 5 heterocycles. The zero-order valence-corrected chi connectivity index (χ0v) is 18.2. The SMILES string of the molecule is CC1C2CCC(O2)C(C)C2CCC(O2)C(C)C2CCC(O2)C(C)C2CCC1O2. The monoisotopic (exact) mass is 392 g/mol. The van der Waals surface area contributed by atoms with Gasteiger partial charge in [-0.2, -0.15) is 0 Å². The molecule has 8 atom stereocenters. The van der Waals surface area contributed by atoms with Gasteiger partial charge >= 0.3 is 0 Å². The first-order valence-electron chi connectivity index (χ1n) is 12.1. The Labute approximate surface area is 171 Å². The van der Waals surface area contributed by atoms with Gasteiger partial charge in [-0.15, -0.1) is 0 Å². The maximum atomic E-state index is 6.61. The highest BCUT2D eigenvalue weighted by molar-refractivity contribution is 4.94. The molecular formula is C24H40O4. The Morgan fingerprint density at radius 2 is 0.464 bits per heavy atom. The third-order valence-electron chi connectivity index (χ3n) is 9.03. The Morgan fingerprint density at radius 3 is 0.607 bits per heavy atom. The fraction of sp³-hybridized carbons (Fsp3) is 1.00. The van der Waals surface area contributed by atoms with Gasteiger partial charge in [-0.1, -0.05) is 27.7 Å². The molecular weight excluding hydrogens is 352 g/mol. The largest absolute Gasteiger partial charge is 0.374 e. The van der Waals surface area contributed by atoms with Crippen LogP contribution in [0.15, 0.2) is 0 Å². The Bertz CT molecular complexity index is 417. The lowest BCUT2D eigenvalue weighted by molar-refractivity contribution is -0.120. The molecule has 160 valence electrons. The van der Waals surface area contributed by atoms with E-state index in [1.165, 1.54) is 51.4 Å². The topological polar surface area (TPSA) is 36.9 Å². The van der Waals surface area contributed by atoms with Crippen molar-refractivity contribution in [3.63, 3.8) is 0 Å². The average molecular weight is 393 g/mol. The van der Waals surface area contributed by atoms with Crippen LogP contribution in [0.2, 0.25) is 0 Å². The van der Waals surface area contributed by atoms with Crippen LogP contribution in [-0.4, -0.2) is 48.8 Å². The zero-order chi connectivity index (χ0) is 19.4. The van der Waals surface area contributed by atoms with Gasteiger partial charge in [0.1, 0.15) is 0 Å². The van der Waals surface area contributed by atoms with E-state index in [-0.39, 0.29) is 0 Å². The normalized spacial score (nSPS) is 57.0. The van der Waals surface area contributed by atoms with Crippen LogP contribution < -0.4 is 0 Å². The molecule has 5 aliphatic heterocycles. The first kappa shape index (κ1) is 19.8. The van der Waals surface area contributed by atoms with E-state index >= 15 is 0 Å². The molecule has 0 aromatic heterocycles. The maximum Gasteiger partial charge on any atom is 0.0630 e. The van der Waals surface area contributed by atoms with Crippen LogP contribution >= 0.6 is 0 Å². The van der Waals surface area contributed by atoms with Crippen molar-refractivity contribution in [3.05, 3.63) is 0 Å². The quantitative estimate of drug-likeness (QED) is 0.597. The average Bonchev–Trinajstić information content (AvgIpc) is 3.49. The zero-order valence-electron chi connectivity index (χ0n) is 18.2. The van der Waals surface area contributed by atoms with Crippen molar-refractivity contribution in [2.45, 2.75) is 128 Å². The lowest BCUT2D eigenvalue weighted by Gasteiger charge is -2.32. The summed E-state index contributed by atoms with van der Waals surface area (Å²) >= 11 is 0. The van der Waals surface area contributed by atoms with Crippen molar-refractivity contribution in [2.75, 3.05) is 0 Å². The van der Waals surface area contributed by atoms with Gasteiger partial charge in [0, 0.05) is 23.7 Å². The summed E-state index contributed by atoms with van der Waals surface area (Å²) in [5.74, 6) is 1.93. The molecule has 0 aromatic rings. The Balaban J connectivity index is 1.37. The van der Waals surface area contributed by atoms with E-state index in [4.69, 9.17) is 18.9 Å². The molecule has 0 N–H and O–H groups in total. The van der Waals surface area contributed by atoms with Crippen LogP contribution in [-0.2, 0) is 18.9 Å². The van der Waals surface area contributed by atoms with E-state index in [1.54, 1.807) is 0 Å². The standard InChI is InChI=1S/C24H40O4/c1-13-17-5-7-19(25-17)14(2)21-9-11-23(27-21)16(4)24-12-10-22(28-24)15(3)20-8-6-18(13)26-20/h13-24H,5-12H2,1-4H3. The van der Waals surface area contributed by atoms with Gasteiger partial charge in [-0.3, -0.25) is 0 Å². The first-order valence-corrected chi connectivity index (χ1v) is 12.1. The highest BCUT2D eigenvalue weighted by Gasteiger charge is 2.46. The molecule has 0 spiro atoms. The minimum atomic E-state index is 0.350. The molecule has 4 nitrogen and oxygen atoms in total. The van der Waals surface area contributed by atoms with Crippen LogP contribution in [0.1, 0.15) is 79.1 Å². The number of hydrogen-bond acceptors (Lipinski definition) is 4. The van der Waals surface area contributed by atoms with Crippen LogP contribution in [0.5, 0.6) is 0 Å². The molecule has 0 radical (unpaired) electrons. The van der Waals surface area contributed by atoms with Crippen molar-refractivity contribution in [3.8, 4) is 0 Å². The van der Waals surface area contributed by atoms with Crippen LogP contribution in [0, 0.1) is 23.7 Å². The van der Waals surface area contributed by atoms with Gasteiger partial charge < -0.3 is 18.9 Å². The van der Waals surface area contributed by atoms with Crippen molar-refractivity contribution < 1.29 is 18.9 Å². The van der Waals surface area contributed by atoms with Gasteiger partial charge in [0.2, 0.25) is 0 Å². The number of fused-ring (bicyclic) bond motifs is 8. The number of hydrogen-bond donors (Lipinski definition) is 0. The summed E-state index contributed by atoms with van der Waals surface area (Å²) in [5, 5.41) is 0. The third-order valence-corrected chi connectivity index (χ3v) is 9.03. The molecule has 0 aliphatic carbocycles. The minimum Gasteiger partial charge on any atom is -0.374 e. The van der Waals surface area contributed by atoms with E-state index in [1.807, 2.05) is 0 Å². The lowest BCUT2D eigenvalue weighted by Crippen LogP contribution is -2.37. The number of rotatable bonds is 0. The summed E-state index contributed by atoms with van der Waals surface area (Å²) in [4.78, 5) is 0. The van der Waals surface area contributed by atoms with Crippen molar-refractivity contribution >= 4 is 0 Å². The van der Waals surface area contributed by atoms with Gasteiger partial charge in [-0.05, 0) is 51.4 Å². The van der Waals surface area contributed by atoms with Gasteiger partial charge in [0.05, 0.1) is 48.8 Å². The highest BCUT2D eigenvalue weighted by atomic mass is 16.5. The fourth-order valence-electron chi connectivity index (χ4n) is 6.81. The molecule has 5 saturated heterocycles. The summed E-state index contributed by atoms with van der Waals surface area (Å²) in [6, 6.07) is 0. The lowest BCUT2D eigenvalue weighted by atomic mass is 9.90. The van der Waals surface area contributed by atoms with E-state index in [9.17, 15) is 0 Å². The summed E-state index contributed by atoms with van der Waals surface area (Å²) < 4.78 is 26.4. The fourth-order valence-corrected chi connectivity index (χ4v) is 6.81. The van der Waals surface area contributed by atoms with Gasteiger partial charge in [-0.25, -0.2) is 0 Å². The third kappa shape index (κ3) is 3.46. The predicted octanol–water partition coefficient (Wildman–Crippen LogP) is 4.73. The van der Waals surface area contributed by atoms with E-state index in [0.29, 0.717) is 72.5 Å². The van der Waals surface area contributed by atoms with Crippen molar-refractivity contribution in [1.82, 2.24) is 0 Å². The first-order chi connectivity index (χ1) is 13.5. The van der Waals surface area contributed by atoms with Crippen molar-refractivity contribution in [2.24, 2.45) is 23.7 Å². The molecule has 0 aromatic carbocycles. The Kier molecular flexibility index (Phi) is 5.53. The Morgan fingerprint density at radius 1 is 0.321 bits per heavy atom. The van der Waals surface area contributed by atoms with Gasteiger partial charge in [0.25, 0.3) is 0 Å². The van der Waals surface area contributed by atoms with E-state index in [0.717, 1.165) is 0 Å². The number of ether oxygens (including phenoxy) is 4. The Hall–Kier alpha value is -0.160. The molecule has 4 heteroatoms. The second kappa shape index (κ2) is 7.83.